The second-order valence-electron chi connectivity index (χ2n) is 0.542. The van der Waals surface area contributed by atoms with E-state index in [1.807, 2.05) is 0 Å². The van der Waals surface area contributed by atoms with Gasteiger partial charge in [-0.2, -0.15) is 0 Å². The van der Waals surface area contributed by atoms with Crippen LogP contribution in [-0.2, 0) is 4.79 Å². The fraction of sp³-hybridized carbons (Fsp3) is 0. The van der Waals surface area contributed by atoms with E-state index < -0.39 is 5.97 Å². The molecule has 0 heterocycles. The summed E-state index contributed by atoms with van der Waals surface area (Å²) in [4.78, 5) is 9.25. The van der Waals surface area contributed by atoms with Crippen molar-refractivity contribution in [2.24, 2.45) is 0 Å². The molecule has 30 valence electrons. The molecule has 2 nitrogen and oxygen atoms in total. The van der Waals surface area contributed by atoms with Crippen molar-refractivity contribution in [3.05, 3.63) is 12.7 Å². The molecule has 0 unspecified atom stereocenters. The molecule has 1 N–H and O–H groups in total. The summed E-state index contributed by atoms with van der Waals surface area (Å²) in [6.45, 7) is 2.96. The first-order chi connectivity index (χ1) is 2.27. The Morgan fingerprint density at radius 1 is 1.57 bits per heavy atom. The van der Waals surface area contributed by atoms with Gasteiger partial charge >= 0.3 is 5.97 Å². The second kappa shape index (κ2) is 11.3. The molecule has 0 aliphatic heterocycles. The van der Waals surface area contributed by atoms with Crippen LogP contribution in [-0.4, -0.2) is 114 Å². The summed E-state index contributed by atoms with van der Waals surface area (Å²) in [5, 5.41) is 7.60. The molecular formula is C3H4K2O2. The zero-order chi connectivity index (χ0) is 4.28. The first-order valence-electron chi connectivity index (χ1n) is 1.12. The third-order valence-corrected chi connectivity index (χ3v) is 0.175. The van der Waals surface area contributed by atoms with Crippen LogP contribution in [0.25, 0.3) is 0 Å². The SMILES string of the molecule is C=CC(=O)O.[K].[K]. The third-order valence-electron chi connectivity index (χ3n) is 0.175. The van der Waals surface area contributed by atoms with Gasteiger partial charge < -0.3 is 5.11 Å². The fourth-order valence-electron chi connectivity index (χ4n) is 0. The normalized spacial score (nSPS) is 4.57. The Morgan fingerprint density at radius 3 is 1.71 bits per heavy atom. The number of hydrogen-bond donors (Lipinski definition) is 1. The van der Waals surface area contributed by atoms with Crippen molar-refractivity contribution < 1.29 is 9.90 Å². The van der Waals surface area contributed by atoms with E-state index in [4.69, 9.17) is 5.11 Å². The molecule has 0 saturated heterocycles. The van der Waals surface area contributed by atoms with Crippen LogP contribution in [0.2, 0.25) is 0 Å². The Balaban J connectivity index is -0.0000000800. The van der Waals surface area contributed by atoms with Crippen LogP contribution < -0.4 is 0 Å². The summed E-state index contributed by atoms with van der Waals surface area (Å²) in [6.07, 6.45) is 0.833. The zero-order valence-corrected chi connectivity index (χ0v) is 10.9. The largest absolute Gasteiger partial charge is 0.478 e. The summed E-state index contributed by atoms with van der Waals surface area (Å²) in [5.74, 6) is -0.981. The quantitative estimate of drug-likeness (QED) is 0.404. The molecule has 0 aromatic carbocycles. The van der Waals surface area contributed by atoms with Crippen molar-refractivity contribution in [1.29, 1.82) is 0 Å². The van der Waals surface area contributed by atoms with Crippen molar-refractivity contribution in [3.8, 4) is 0 Å². The molecule has 0 fully saturated rings. The van der Waals surface area contributed by atoms with Gasteiger partial charge in [0.05, 0.1) is 0 Å². The number of carboxylic acids is 1. The van der Waals surface area contributed by atoms with Crippen molar-refractivity contribution in [2.75, 3.05) is 0 Å². The Morgan fingerprint density at radius 2 is 1.71 bits per heavy atom. The van der Waals surface area contributed by atoms with Crippen LogP contribution in [0.1, 0.15) is 0 Å². The molecule has 0 aromatic heterocycles. The molecular weight excluding hydrogens is 146 g/mol. The third kappa shape index (κ3) is 17.7. The molecule has 2 radical (unpaired) electrons. The van der Waals surface area contributed by atoms with E-state index in [-0.39, 0.29) is 103 Å². The predicted molar refractivity (Wildman–Crippen MR) is 29.3 cm³/mol. The molecule has 4 heteroatoms. The van der Waals surface area contributed by atoms with Crippen LogP contribution >= 0.6 is 0 Å². The minimum atomic E-state index is -0.981. The van der Waals surface area contributed by atoms with Gasteiger partial charge in [-0.1, -0.05) is 6.58 Å². The maximum atomic E-state index is 9.25. The Kier molecular flexibility index (Phi) is 26.2. The summed E-state index contributed by atoms with van der Waals surface area (Å²) >= 11 is 0. The molecule has 0 saturated carbocycles. The smallest absolute Gasteiger partial charge is 0.327 e. The van der Waals surface area contributed by atoms with Gasteiger partial charge in [0.15, 0.2) is 0 Å². The van der Waals surface area contributed by atoms with Crippen molar-refractivity contribution in [2.45, 2.75) is 0 Å². The minimum Gasteiger partial charge on any atom is -0.478 e. The monoisotopic (exact) mass is 150 g/mol. The molecule has 0 bridgehead atoms. The van der Waals surface area contributed by atoms with Gasteiger partial charge in [0.2, 0.25) is 0 Å². The van der Waals surface area contributed by atoms with E-state index in [9.17, 15) is 4.79 Å². The number of carboxylic acid groups (broad SMARTS) is 1. The fourth-order valence-corrected chi connectivity index (χ4v) is 0. The van der Waals surface area contributed by atoms with Gasteiger partial charge in [0.25, 0.3) is 0 Å². The Bertz CT molecular complexity index is 62.0. The zero-order valence-electron chi connectivity index (χ0n) is 4.64. The van der Waals surface area contributed by atoms with Crippen LogP contribution in [0.5, 0.6) is 0 Å². The van der Waals surface area contributed by atoms with Crippen molar-refractivity contribution in [1.82, 2.24) is 0 Å². The average molecular weight is 150 g/mol. The number of carbonyl (C=O) groups is 1. The number of rotatable bonds is 1. The van der Waals surface area contributed by atoms with Crippen molar-refractivity contribution in [3.63, 3.8) is 0 Å². The summed E-state index contributed by atoms with van der Waals surface area (Å²) in [6, 6.07) is 0. The van der Waals surface area contributed by atoms with Gasteiger partial charge in [-0.05, 0) is 0 Å². The molecule has 0 amide bonds. The van der Waals surface area contributed by atoms with E-state index >= 15 is 0 Å². The first kappa shape index (κ1) is 16.2. The van der Waals surface area contributed by atoms with Crippen LogP contribution in [0.15, 0.2) is 12.7 Å². The molecule has 0 aliphatic rings. The van der Waals surface area contributed by atoms with Crippen LogP contribution in [0, 0.1) is 0 Å². The Labute approximate surface area is 128 Å². The molecule has 0 aliphatic carbocycles. The number of hydrogen-bond acceptors (Lipinski definition) is 1. The standard InChI is InChI=1S/C3H4O2.2K/c1-2-3(4)5;;/h2H,1H2,(H,4,5);;. The van der Waals surface area contributed by atoms with E-state index in [0.29, 0.717) is 0 Å². The van der Waals surface area contributed by atoms with Gasteiger partial charge in [-0.15, -0.1) is 0 Å². The molecule has 0 spiro atoms. The summed E-state index contributed by atoms with van der Waals surface area (Å²) in [5.41, 5.74) is 0. The maximum absolute atomic E-state index is 9.25. The molecule has 0 atom stereocenters. The summed E-state index contributed by atoms with van der Waals surface area (Å²) < 4.78 is 0. The first-order valence-corrected chi connectivity index (χ1v) is 1.12. The average Bonchev–Trinajstić information content (AvgIpc) is 1.38. The van der Waals surface area contributed by atoms with E-state index in [2.05, 4.69) is 6.58 Å². The van der Waals surface area contributed by atoms with Crippen LogP contribution in [0.3, 0.4) is 0 Å². The molecule has 7 heavy (non-hydrogen) atoms. The van der Waals surface area contributed by atoms with Gasteiger partial charge in [0.1, 0.15) is 0 Å². The topological polar surface area (TPSA) is 37.3 Å². The van der Waals surface area contributed by atoms with Gasteiger partial charge in [0, 0.05) is 109 Å². The van der Waals surface area contributed by atoms with E-state index in [1.165, 1.54) is 0 Å². The maximum Gasteiger partial charge on any atom is 0.327 e. The van der Waals surface area contributed by atoms with E-state index in [0.717, 1.165) is 6.08 Å². The number of aliphatic carboxylic acids is 1. The Hall–Kier alpha value is 2.48. The van der Waals surface area contributed by atoms with Gasteiger partial charge in [-0.25, -0.2) is 4.79 Å². The van der Waals surface area contributed by atoms with Crippen molar-refractivity contribution >= 4 is 109 Å². The molecule has 0 aromatic rings. The predicted octanol–water partition coefficient (Wildman–Crippen LogP) is -0.505. The summed E-state index contributed by atoms with van der Waals surface area (Å²) in [7, 11) is 0. The second-order valence-corrected chi connectivity index (χ2v) is 0.542. The minimum absolute atomic E-state index is 0. The van der Waals surface area contributed by atoms with Gasteiger partial charge in [-0.3, -0.25) is 0 Å². The van der Waals surface area contributed by atoms with E-state index in [1.54, 1.807) is 0 Å². The molecule has 0 rings (SSSR count). The van der Waals surface area contributed by atoms with Crippen LogP contribution in [0.4, 0.5) is 0 Å².